The van der Waals surface area contributed by atoms with Crippen molar-refractivity contribution in [2.75, 3.05) is 52.6 Å². The Morgan fingerprint density at radius 3 is 2.07 bits per heavy atom. The van der Waals surface area contributed by atoms with Gasteiger partial charge in [-0.05, 0) is 19.1 Å². The normalized spacial score (nSPS) is 21.3. The van der Waals surface area contributed by atoms with E-state index in [1.54, 1.807) is 18.4 Å². The van der Waals surface area contributed by atoms with Crippen molar-refractivity contribution in [3.63, 3.8) is 0 Å². The van der Waals surface area contributed by atoms with Gasteiger partial charge in [0.05, 0.1) is 32.7 Å². The number of aryl methyl sites for hydroxylation is 1. The Morgan fingerprint density at radius 2 is 1.50 bits per heavy atom. The standard InChI is InChI=1S/C22H28N2O4/c1-17-4-6-18(7-5-17)20(23-8-13-26-14-9-23)21(24-10-15-27-16-11-24)22(25)19-3-2-12-28-19/h2-7,12,20-21H,8-11,13-16H2,1H3/p+2/t20-,21+/m1/s1. The lowest BCUT2D eigenvalue weighted by Gasteiger charge is -2.39. The molecule has 6 nitrogen and oxygen atoms in total. The molecule has 2 saturated heterocycles. The Balaban J connectivity index is 1.74. The van der Waals surface area contributed by atoms with Gasteiger partial charge in [0.25, 0.3) is 5.78 Å². The molecule has 6 heteroatoms. The average molecular weight is 386 g/mol. The molecule has 0 bridgehead atoms. The lowest BCUT2D eigenvalue weighted by Crippen LogP contribution is -3.25. The molecular formula is C22H30N2O4+2. The number of hydrogen-bond donors (Lipinski definition) is 2. The van der Waals surface area contributed by atoms with Crippen molar-refractivity contribution in [1.29, 1.82) is 0 Å². The summed E-state index contributed by atoms with van der Waals surface area (Å²) in [6.45, 7) is 8.43. The quantitative estimate of drug-likeness (QED) is 0.670. The van der Waals surface area contributed by atoms with E-state index in [1.165, 1.54) is 20.9 Å². The third-order valence-corrected chi connectivity index (χ3v) is 5.97. The zero-order valence-electron chi connectivity index (χ0n) is 16.5. The summed E-state index contributed by atoms with van der Waals surface area (Å²) >= 11 is 0. The van der Waals surface area contributed by atoms with Gasteiger partial charge < -0.3 is 23.7 Å². The maximum absolute atomic E-state index is 13.6. The summed E-state index contributed by atoms with van der Waals surface area (Å²) in [5, 5.41) is 0. The van der Waals surface area contributed by atoms with Gasteiger partial charge >= 0.3 is 0 Å². The van der Waals surface area contributed by atoms with Gasteiger partial charge in [-0.25, -0.2) is 0 Å². The Bertz CT molecular complexity index is 747. The fraction of sp³-hybridized carbons (Fsp3) is 0.500. The van der Waals surface area contributed by atoms with E-state index in [-0.39, 0.29) is 17.9 Å². The number of carbonyl (C=O) groups excluding carboxylic acids is 1. The number of morpholine rings is 2. The number of furan rings is 1. The fourth-order valence-corrected chi connectivity index (χ4v) is 4.47. The molecule has 0 saturated carbocycles. The smallest absolute Gasteiger partial charge is 0.261 e. The number of nitrogens with one attached hydrogen (secondary N) is 2. The molecule has 0 aliphatic carbocycles. The van der Waals surface area contributed by atoms with Crippen molar-refractivity contribution in [3.05, 3.63) is 59.5 Å². The van der Waals surface area contributed by atoms with Crippen LogP contribution in [0.5, 0.6) is 0 Å². The van der Waals surface area contributed by atoms with E-state index >= 15 is 0 Å². The van der Waals surface area contributed by atoms with Crippen LogP contribution in [0.3, 0.4) is 0 Å². The van der Waals surface area contributed by atoms with E-state index < -0.39 is 0 Å². The van der Waals surface area contributed by atoms with Crippen molar-refractivity contribution >= 4 is 5.78 Å². The summed E-state index contributed by atoms with van der Waals surface area (Å²) in [5.41, 5.74) is 2.44. The van der Waals surface area contributed by atoms with Crippen LogP contribution in [-0.2, 0) is 9.47 Å². The fourth-order valence-electron chi connectivity index (χ4n) is 4.47. The molecule has 1 aromatic carbocycles. The second-order valence-corrected chi connectivity index (χ2v) is 7.75. The first-order valence-electron chi connectivity index (χ1n) is 10.2. The maximum atomic E-state index is 13.6. The molecule has 0 amide bonds. The van der Waals surface area contributed by atoms with E-state index in [0.717, 1.165) is 39.4 Å². The molecule has 2 fully saturated rings. The van der Waals surface area contributed by atoms with Gasteiger partial charge in [0.2, 0.25) is 6.04 Å². The first-order chi connectivity index (χ1) is 13.7. The second kappa shape index (κ2) is 9.01. The van der Waals surface area contributed by atoms with Crippen LogP contribution in [0.2, 0.25) is 0 Å². The first kappa shape index (κ1) is 19.3. The third-order valence-electron chi connectivity index (χ3n) is 5.97. The van der Waals surface area contributed by atoms with Gasteiger partial charge in [-0.15, -0.1) is 0 Å². The topological polar surface area (TPSA) is 57.5 Å². The number of quaternary nitrogens is 2. The molecule has 4 rings (SSSR count). The van der Waals surface area contributed by atoms with E-state index in [4.69, 9.17) is 13.9 Å². The van der Waals surface area contributed by atoms with Crippen molar-refractivity contribution < 1.29 is 28.5 Å². The molecule has 2 N–H and O–H groups in total. The summed E-state index contributed by atoms with van der Waals surface area (Å²) < 4.78 is 16.7. The number of Topliss-reactive ketones (excluding diaryl/α,β-unsaturated/α-hetero) is 1. The molecular weight excluding hydrogens is 356 g/mol. The van der Waals surface area contributed by atoms with Crippen LogP contribution in [0.1, 0.15) is 27.7 Å². The molecule has 28 heavy (non-hydrogen) atoms. The maximum Gasteiger partial charge on any atom is 0.261 e. The number of ketones is 1. The Kier molecular flexibility index (Phi) is 6.22. The molecule has 2 aliphatic heterocycles. The predicted molar refractivity (Wildman–Crippen MR) is 104 cm³/mol. The predicted octanol–water partition coefficient (Wildman–Crippen LogP) is -0.289. The summed E-state index contributed by atoms with van der Waals surface area (Å²) in [7, 11) is 0. The van der Waals surface area contributed by atoms with Crippen molar-refractivity contribution in [2.24, 2.45) is 0 Å². The molecule has 0 spiro atoms. The minimum Gasteiger partial charge on any atom is -0.461 e. The van der Waals surface area contributed by atoms with Gasteiger partial charge in [0.1, 0.15) is 26.2 Å². The number of ether oxygens (including phenoxy) is 2. The van der Waals surface area contributed by atoms with Crippen LogP contribution in [0.25, 0.3) is 0 Å². The van der Waals surface area contributed by atoms with Gasteiger partial charge in [0.15, 0.2) is 11.8 Å². The summed E-state index contributed by atoms with van der Waals surface area (Å²) in [4.78, 5) is 16.3. The highest BCUT2D eigenvalue weighted by atomic mass is 16.5. The van der Waals surface area contributed by atoms with E-state index in [1.807, 2.05) is 0 Å². The lowest BCUT2D eigenvalue weighted by atomic mass is 9.91. The highest BCUT2D eigenvalue weighted by Crippen LogP contribution is 2.18. The average Bonchev–Trinajstić information content (AvgIpc) is 3.29. The molecule has 2 atom stereocenters. The van der Waals surface area contributed by atoms with E-state index in [2.05, 4.69) is 31.2 Å². The van der Waals surface area contributed by atoms with Crippen LogP contribution in [0.15, 0.2) is 47.1 Å². The highest BCUT2D eigenvalue weighted by molar-refractivity contribution is 5.97. The molecule has 0 radical (unpaired) electrons. The number of hydrogen-bond acceptors (Lipinski definition) is 4. The first-order valence-corrected chi connectivity index (χ1v) is 10.2. The number of benzene rings is 1. The molecule has 2 aliphatic rings. The van der Waals surface area contributed by atoms with E-state index in [0.29, 0.717) is 19.0 Å². The van der Waals surface area contributed by atoms with Gasteiger partial charge in [-0.1, -0.05) is 29.8 Å². The van der Waals surface area contributed by atoms with Crippen molar-refractivity contribution in [2.45, 2.75) is 19.0 Å². The molecule has 1 aromatic heterocycles. The van der Waals surface area contributed by atoms with Crippen LogP contribution in [0.4, 0.5) is 0 Å². The van der Waals surface area contributed by atoms with Gasteiger partial charge in [-0.2, -0.15) is 0 Å². The van der Waals surface area contributed by atoms with Gasteiger partial charge in [-0.3, -0.25) is 4.79 Å². The minimum absolute atomic E-state index is 0.0650. The summed E-state index contributed by atoms with van der Waals surface area (Å²) in [5.74, 6) is 0.542. The Labute approximate surface area is 166 Å². The van der Waals surface area contributed by atoms with Crippen LogP contribution in [-0.4, -0.2) is 64.4 Å². The minimum atomic E-state index is -0.203. The van der Waals surface area contributed by atoms with Gasteiger partial charge in [0, 0.05) is 5.56 Å². The second-order valence-electron chi connectivity index (χ2n) is 7.75. The SMILES string of the molecule is Cc1ccc([C@H]([C@@H](C(=O)c2ccco2)[NH+]2CCOCC2)[NH+]2CCOCC2)cc1. The number of rotatable bonds is 6. The zero-order valence-corrected chi connectivity index (χ0v) is 16.5. The van der Waals surface area contributed by atoms with Crippen LogP contribution in [0, 0.1) is 6.92 Å². The summed E-state index contributed by atoms with van der Waals surface area (Å²) in [6.07, 6.45) is 1.58. The number of carbonyl (C=O) groups is 1. The van der Waals surface area contributed by atoms with Crippen molar-refractivity contribution in [1.82, 2.24) is 0 Å². The molecule has 0 unspecified atom stereocenters. The van der Waals surface area contributed by atoms with E-state index in [9.17, 15) is 4.79 Å². The summed E-state index contributed by atoms with van der Waals surface area (Å²) in [6, 6.07) is 12.1. The van der Waals surface area contributed by atoms with Crippen molar-refractivity contribution in [3.8, 4) is 0 Å². The largest absolute Gasteiger partial charge is 0.461 e. The van der Waals surface area contributed by atoms with Crippen LogP contribution >= 0.6 is 0 Å². The zero-order chi connectivity index (χ0) is 19.3. The third kappa shape index (κ3) is 4.20. The monoisotopic (exact) mass is 386 g/mol. The highest BCUT2D eigenvalue weighted by Gasteiger charge is 2.46. The molecule has 150 valence electrons. The molecule has 3 heterocycles. The molecule has 2 aromatic rings. The van der Waals surface area contributed by atoms with Crippen LogP contribution < -0.4 is 9.80 Å². The Hall–Kier alpha value is -1.99. The Morgan fingerprint density at radius 1 is 0.893 bits per heavy atom. The lowest BCUT2D eigenvalue weighted by molar-refractivity contribution is -0.999.